The van der Waals surface area contributed by atoms with Crippen molar-refractivity contribution in [1.82, 2.24) is 0 Å². The van der Waals surface area contributed by atoms with Crippen molar-refractivity contribution in [3.63, 3.8) is 0 Å². The lowest BCUT2D eigenvalue weighted by Crippen LogP contribution is -2.35. The van der Waals surface area contributed by atoms with Gasteiger partial charge in [-0.05, 0) is 36.1 Å². The topological polar surface area (TPSA) is 98.1 Å². The van der Waals surface area contributed by atoms with Gasteiger partial charge in [0.2, 0.25) is 5.91 Å². The summed E-state index contributed by atoms with van der Waals surface area (Å²) in [5.74, 6) is -1.36. The van der Waals surface area contributed by atoms with Gasteiger partial charge < -0.3 is 20.2 Å². The molecule has 1 aromatic rings. The zero-order valence-electron chi connectivity index (χ0n) is 15.5. The quantitative estimate of drug-likeness (QED) is 0.602. The number of carbonyl (C=O) groups is 2. The number of aliphatic hydroxyl groups excluding tert-OH is 2. The molecule has 1 heterocycles. The van der Waals surface area contributed by atoms with E-state index in [1.54, 1.807) is 23.1 Å². The molecule has 7 heteroatoms. The number of carboxylic acid groups (broad SMARTS) is 1. The molecule has 1 aliphatic rings. The highest BCUT2D eigenvalue weighted by Gasteiger charge is 2.40. The minimum atomic E-state index is -1.15. The number of anilines is 1. The van der Waals surface area contributed by atoms with Gasteiger partial charge in [-0.2, -0.15) is 0 Å². The summed E-state index contributed by atoms with van der Waals surface area (Å²) in [6.45, 7) is 4.03. The minimum absolute atomic E-state index is 0.0231. The van der Waals surface area contributed by atoms with E-state index in [1.807, 2.05) is 13.8 Å². The van der Waals surface area contributed by atoms with Gasteiger partial charge >= 0.3 is 5.97 Å². The maximum absolute atomic E-state index is 13.2. The fraction of sp³-hybridized carbons (Fsp3) is 0.500. The summed E-state index contributed by atoms with van der Waals surface area (Å²) in [4.78, 5) is 24.8. The maximum atomic E-state index is 13.2. The van der Waals surface area contributed by atoms with Gasteiger partial charge in [0.1, 0.15) is 5.82 Å². The molecule has 2 rings (SSSR count). The van der Waals surface area contributed by atoms with E-state index in [2.05, 4.69) is 0 Å². The highest BCUT2D eigenvalue weighted by molar-refractivity contribution is 5.97. The van der Waals surface area contributed by atoms with Crippen LogP contribution in [0.3, 0.4) is 0 Å². The fourth-order valence-electron chi connectivity index (χ4n) is 3.44. The molecule has 0 aliphatic carbocycles. The van der Waals surface area contributed by atoms with E-state index >= 15 is 0 Å². The third kappa shape index (κ3) is 5.61. The molecule has 27 heavy (non-hydrogen) atoms. The van der Waals surface area contributed by atoms with E-state index in [1.165, 1.54) is 18.2 Å². The second kappa shape index (κ2) is 9.10. The molecule has 1 saturated heterocycles. The van der Waals surface area contributed by atoms with Crippen LogP contribution in [0.1, 0.15) is 33.1 Å². The van der Waals surface area contributed by atoms with E-state index in [-0.39, 0.29) is 36.0 Å². The van der Waals surface area contributed by atoms with E-state index in [9.17, 15) is 24.2 Å². The molecule has 148 valence electrons. The second-order valence-corrected chi connectivity index (χ2v) is 7.28. The lowest BCUT2D eigenvalue weighted by Gasteiger charge is -2.28. The normalized spacial score (nSPS) is 22.6. The molecule has 3 N–H and O–H groups in total. The van der Waals surface area contributed by atoms with Crippen LogP contribution in [0.5, 0.6) is 0 Å². The van der Waals surface area contributed by atoms with Crippen molar-refractivity contribution in [3.05, 3.63) is 42.2 Å². The van der Waals surface area contributed by atoms with E-state index in [0.717, 1.165) is 0 Å². The summed E-state index contributed by atoms with van der Waals surface area (Å²) in [6.07, 6.45) is 0.827. The molecular formula is C20H26FNO5. The molecule has 1 aromatic carbocycles. The van der Waals surface area contributed by atoms with E-state index < -0.39 is 24.6 Å². The third-order valence-electron chi connectivity index (χ3n) is 4.83. The maximum Gasteiger partial charge on any atom is 0.305 e. The van der Waals surface area contributed by atoms with Crippen molar-refractivity contribution >= 4 is 17.6 Å². The number of aliphatic carboxylic acids is 1. The Labute approximate surface area is 157 Å². The van der Waals surface area contributed by atoms with Crippen molar-refractivity contribution < 1.29 is 29.3 Å². The molecule has 0 bridgehead atoms. The average molecular weight is 379 g/mol. The molecule has 1 fully saturated rings. The number of halogens is 1. The van der Waals surface area contributed by atoms with Crippen molar-refractivity contribution in [3.8, 4) is 0 Å². The molecule has 0 aromatic heterocycles. The highest BCUT2D eigenvalue weighted by Crippen LogP contribution is 2.36. The number of rotatable bonds is 8. The van der Waals surface area contributed by atoms with Gasteiger partial charge in [-0.15, -0.1) is 0 Å². The van der Waals surface area contributed by atoms with Crippen LogP contribution < -0.4 is 4.90 Å². The zero-order valence-corrected chi connectivity index (χ0v) is 15.5. The van der Waals surface area contributed by atoms with Crippen LogP contribution in [0.2, 0.25) is 0 Å². The number of aliphatic hydroxyl groups is 2. The Balaban J connectivity index is 2.18. The van der Waals surface area contributed by atoms with Crippen LogP contribution in [0.15, 0.2) is 36.4 Å². The number of amides is 1. The average Bonchev–Trinajstić information content (AvgIpc) is 2.89. The summed E-state index contributed by atoms with van der Waals surface area (Å²) in [7, 11) is 0. The number of hydrogen-bond donors (Lipinski definition) is 3. The van der Waals surface area contributed by atoms with E-state index in [4.69, 9.17) is 5.11 Å². The standard InChI is InChI=1S/C20H26FNO5/c1-12(2)17-11-19(25)22(14-5-3-13(21)4-6-14)18(17)8-7-15(23)9-16(24)10-20(26)27/h3-8,12,15-18,23-24H,9-11H2,1-2H3,(H,26,27)/b8-7+/t15-,16-,17+,18+/m1/s1. The number of benzene rings is 1. The van der Waals surface area contributed by atoms with Crippen LogP contribution in [-0.2, 0) is 9.59 Å². The lowest BCUT2D eigenvalue weighted by atomic mass is 9.88. The number of hydrogen-bond acceptors (Lipinski definition) is 4. The largest absolute Gasteiger partial charge is 0.481 e. The summed E-state index contributed by atoms with van der Waals surface area (Å²) >= 11 is 0. The molecule has 4 atom stereocenters. The van der Waals surface area contributed by atoms with Gasteiger partial charge in [0.05, 0.1) is 24.7 Å². The van der Waals surface area contributed by atoms with Crippen molar-refractivity contribution in [2.45, 2.75) is 51.4 Å². The van der Waals surface area contributed by atoms with Gasteiger partial charge in [0, 0.05) is 18.5 Å². The lowest BCUT2D eigenvalue weighted by molar-refractivity contribution is -0.139. The van der Waals surface area contributed by atoms with Crippen LogP contribution >= 0.6 is 0 Å². The number of carbonyl (C=O) groups excluding carboxylic acids is 1. The first-order valence-electron chi connectivity index (χ1n) is 9.03. The first-order chi connectivity index (χ1) is 12.7. The van der Waals surface area contributed by atoms with Crippen molar-refractivity contribution in [1.29, 1.82) is 0 Å². The Hall–Kier alpha value is -2.25. The van der Waals surface area contributed by atoms with Crippen molar-refractivity contribution in [2.75, 3.05) is 4.90 Å². The Morgan fingerprint density at radius 1 is 1.30 bits per heavy atom. The molecule has 0 radical (unpaired) electrons. The van der Waals surface area contributed by atoms with Gasteiger partial charge in [-0.1, -0.05) is 26.0 Å². The smallest absolute Gasteiger partial charge is 0.305 e. The molecule has 1 amide bonds. The van der Waals surface area contributed by atoms with E-state index in [0.29, 0.717) is 12.1 Å². The predicted octanol–water partition coefficient (Wildman–Crippen LogP) is 2.35. The van der Waals surface area contributed by atoms with Crippen LogP contribution in [0.4, 0.5) is 10.1 Å². The molecule has 1 aliphatic heterocycles. The monoisotopic (exact) mass is 379 g/mol. The summed E-state index contributed by atoms with van der Waals surface area (Å²) in [6, 6.07) is 5.37. The Morgan fingerprint density at radius 3 is 2.48 bits per heavy atom. The fourth-order valence-corrected chi connectivity index (χ4v) is 3.44. The van der Waals surface area contributed by atoms with Gasteiger partial charge in [-0.3, -0.25) is 9.59 Å². The van der Waals surface area contributed by atoms with Crippen molar-refractivity contribution in [2.24, 2.45) is 11.8 Å². The Bertz CT molecular complexity index is 688. The zero-order chi connectivity index (χ0) is 20.1. The predicted molar refractivity (Wildman–Crippen MR) is 98.6 cm³/mol. The minimum Gasteiger partial charge on any atom is -0.481 e. The van der Waals surface area contributed by atoms with Crippen LogP contribution in [0.25, 0.3) is 0 Å². The van der Waals surface area contributed by atoms with Crippen LogP contribution in [-0.4, -0.2) is 45.4 Å². The Morgan fingerprint density at radius 2 is 1.93 bits per heavy atom. The molecular weight excluding hydrogens is 353 g/mol. The summed E-state index contributed by atoms with van der Waals surface area (Å²) < 4.78 is 13.2. The molecule has 0 spiro atoms. The highest BCUT2D eigenvalue weighted by atomic mass is 19.1. The Kier molecular flexibility index (Phi) is 7.10. The summed E-state index contributed by atoms with van der Waals surface area (Å²) in [5, 5.41) is 28.4. The molecule has 6 nitrogen and oxygen atoms in total. The van der Waals surface area contributed by atoms with Gasteiger partial charge in [0.15, 0.2) is 0 Å². The van der Waals surface area contributed by atoms with Gasteiger partial charge in [0.25, 0.3) is 0 Å². The molecule has 0 saturated carbocycles. The third-order valence-corrected chi connectivity index (χ3v) is 4.83. The molecule has 0 unspecified atom stereocenters. The van der Waals surface area contributed by atoms with Crippen LogP contribution in [0, 0.1) is 17.7 Å². The SMILES string of the molecule is CC(C)[C@@H]1CC(=O)N(c2ccc(F)cc2)[C@H]1/C=C/[C@@H](O)C[C@@H](O)CC(=O)O. The first kappa shape index (κ1) is 21.1. The first-order valence-corrected chi connectivity index (χ1v) is 9.03. The van der Waals surface area contributed by atoms with Gasteiger partial charge in [-0.25, -0.2) is 4.39 Å². The summed E-state index contributed by atoms with van der Waals surface area (Å²) in [5.41, 5.74) is 0.583. The number of nitrogens with zero attached hydrogens (tertiary/aromatic N) is 1. The number of carboxylic acids is 1. The second-order valence-electron chi connectivity index (χ2n) is 7.28.